The number of nitrogen functional groups attached to an aromatic ring is 1. The Bertz CT molecular complexity index is 812. The van der Waals surface area contributed by atoms with Gasteiger partial charge in [0.25, 0.3) is 0 Å². The first kappa shape index (κ1) is 16.9. The number of anilines is 1. The second kappa shape index (κ2) is 7.77. The third-order valence-electron chi connectivity index (χ3n) is 3.92. The molecular weight excluding hydrogens is 334 g/mol. The lowest BCUT2D eigenvalue weighted by atomic mass is 10.0. The molecule has 24 heavy (non-hydrogen) atoms. The van der Waals surface area contributed by atoms with Crippen molar-refractivity contribution in [2.24, 2.45) is 0 Å². The molecular formula is C20H21NOS2. The number of nitrogens with two attached hydrogens (primary N) is 1. The number of methoxy groups -OCH3 is 1. The number of hydrogen-bond acceptors (Lipinski definition) is 4. The highest BCUT2D eigenvalue weighted by Gasteiger charge is 2.17. The molecule has 0 fully saturated rings. The van der Waals surface area contributed by atoms with Gasteiger partial charge in [0.15, 0.2) is 0 Å². The second-order valence-corrected chi connectivity index (χ2v) is 7.76. The van der Waals surface area contributed by atoms with E-state index in [4.69, 9.17) is 10.5 Å². The maximum Gasteiger partial charge on any atom is 0.119 e. The predicted molar refractivity (Wildman–Crippen MR) is 106 cm³/mol. The molecule has 0 aliphatic heterocycles. The van der Waals surface area contributed by atoms with Crippen molar-refractivity contribution in [1.82, 2.24) is 0 Å². The summed E-state index contributed by atoms with van der Waals surface area (Å²) in [7, 11) is 1.69. The highest BCUT2D eigenvalue weighted by Crippen LogP contribution is 2.45. The molecule has 0 aliphatic carbocycles. The summed E-state index contributed by atoms with van der Waals surface area (Å²) < 4.78 is 6.68. The van der Waals surface area contributed by atoms with Crippen LogP contribution in [0, 0.1) is 0 Å². The zero-order valence-corrected chi connectivity index (χ0v) is 15.5. The Labute approximate surface area is 151 Å². The Hall–Kier alpha value is -1.91. The molecule has 0 bridgehead atoms. The average Bonchev–Trinajstić information content (AvgIpc) is 2.96. The summed E-state index contributed by atoms with van der Waals surface area (Å²) >= 11 is 3.56. The number of hydrogen-bond donors (Lipinski definition) is 1. The summed E-state index contributed by atoms with van der Waals surface area (Å²) in [4.78, 5) is 0. The normalized spacial score (nSPS) is 10.8. The van der Waals surface area contributed by atoms with E-state index in [1.165, 1.54) is 15.3 Å². The molecule has 0 amide bonds. The van der Waals surface area contributed by atoms with Gasteiger partial charge in [-0.2, -0.15) is 0 Å². The molecule has 4 heteroatoms. The molecule has 0 saturated heterocycles. The molecule has 3 aromatic rings. The largest absolute Gasteiger partial charge is 0.497 e. The molecule has 2 aromatic carbocycles. The SMILES string of the molecule is CCc1c(SCc2ccccc2)sc(N)c1-c1cccc(OC)c1. The van der Waals surface area contributed by atoms with Crippen LogP contribution in [-0.2, 0) is 12.2 Å². The quantitative estimate of drug-likeness (QED) is 0.562. The van der Waals surface area contributed by atoms with Crippen LogP contribution in [0.3, 0.4) is 0 Å². The fourth-order valence-corrected chi connectivity index (χ4v) is 5.22. The van der Waals surface area contributed by atoms with Gasteiger partial charge in [-0.1, -0.05) is 49.4 Å². The van der Waals surface area contributed by atoms with Crippen molar-refractivity contribution in [3.8, 4) is 16.9 Å². The van der Waals surface area contributed by atoms with E-state index in [-0.39, 0.29) is 0 Å². The number of thiophene rings is 1. The first-order valence-corrected chi connectivity index (χ1v) is 9.75. The summed E-state index contributed by atoms with van der Waals surface area (Å²) in [5, 5.41) is 0.885. The molecule has 1 aromatic heterocycles. The van der Waals surface area contributed by atoms with Crippen LogP contribution in [0.25, 0.3) is 11.1 Å². The topological polar surface area (TPSA) is 35.2 Å². The van der Waals surface area contributed by atoms with Crippen molar-refractivity contribution < 1.29 is 4.74 Å². The highest BCUT2D eigenvalue weighted by atomic mass is 32.2. The Morgan fingerprint density at radius 3 is 2.58 bits per heavy atom. The predicted octanol–water partition coefficient (Wildman–Crippen LogP) is 5.86. The lowest BCUT2D eigenvalue weighted by Gasteiger charge is -2.08. The Morgan fingerprint density at radius 1 is 1.08 bits per heavy atom. The maximum atomic E-state index is 6.37. The zero-order valence-electron chi connectivity index (χ0n) is 13.9. The summed E-state index contributed by atoms with van der Waals surface area (Å²) in [5.74, 6) is 1.82. The third kappa shape index (κ3) is 3.60. The van der Waals surface area contributed by atoms with Gasteiger partial charge in [0.2, 0.25) is 0 Å². The van der Waals surface area contributed by atoms with Crippen LogP contribution in [0.15, 0.2) is 58.8 Å². The van der Waals surface area contributed by atoms with E-state index in [9.17, 15) is 0 Å². The van der Waals surface area contributed by atoms with Crippen molar-refractivity contribution in [3.05, 3.63) is 65.7 Å². The van der Waals surface area contributed by atoms with Crippen molar-refractivity contribution >= 4 is 28.1 Å². The van der Waals surface area contributed by atoms with E-state index in [1.54, 1.807) is 18.4 Å². The van der Waals surface area contributed by atoms with Crippen LogP contribution in [0.2, 0.25) is 0 Å². The van der Waals surface area contributed by atoms with Gasteiger partial charge in [0.1, 0.15) is 5.75 Å². The van der Waals surface area contributed by atoms with E-state index in [2.05, 4.69) is 49.4 Å². The fourth-order valence-electron chi connectivity index (χ4n) is 2.72. The zero-order chi connectivity index (χ0) is 16.9. The smallest absolute Gasteiger partial charge is 0.119 e. The van der Waals surface area contributed by atoms with Crippen molar-refractivity contribution in [3.63, 3.8) is 0 Å². The minimum absolute atomic E-state index is 0.860. The monoisotopic (exact) mass is 355 g/mol. The average molecular weight is 356 g/mol. The summed E-state index contributed by atoms with van der Waals surface area (Å²) in [6, 6.07) is 18.7. The standard InChI is InChI=1S/C20H21NOS2/c1-3-17-18(15-10-7-11-16(12-15)22-2)19(21)24-20(17)23-13-14-8-5-4-6-9-14/h4-12H,3,13,21H2,1-2H3. The van der Waals surface area contributed by atoms with E-state index in [1.807, 2.05) is 23.9 Å². The van der Waals surface area contributed by atoms with Crippen molar-refractivity contribution in [2.75, 3.05) is 12.8 Å². The lowest BCUT2D eigenvalue weighted by Crippen LogP contribution is -1.90. The summed E-state index contributed by atoms with van der Waals surface area (Å²) in [6.07, 6.45) is 0.970. The van der Waals surface area contributed by atoms with Gasteiger partial charge in [0.05, 0.1) is 16.3 Å². The lowest BCUT2D eigenvalue weighted by molar-refractivity contribution is 0.415. The first-order chi connectivity index (χ1) is 11.7. The van der Waals surface area contributed by atoms with Crippen LogP contribution < -0.4 is 10.5 Å². The van der Waals surface area contributed by atoms with E-state index < -0.39 is 0 Å². The van der Waals surface area contributed by atoms with Gasteiger partial charge in [-0.3, -0.25) is 0 Å². The molecule has 0 atom stereocenters. The molecule has 0 spiro atoms. The third-order valence-corrected chi connectivity index (χ3v) is 6.37. The number of rotatable bonds is 6. The molecule has 1 heterocycles. The summed E-state index contributed by atoms with van der Waals surface area (Å²) in [6.45, 7) is 2.19. The number of benzene rings is 2. The van der Waals surface area contributed by atoms with Crippen LogP contribution in [0.5, 0.6) is 5.75 Å². The first-order valence-electron chi connectivity index (χ1n) is 7.95. The van der Waals surface area contributed by atoms with Gasteiger partial charge in [-0.15, -0.1) is 23.1 Å². The second-order valence-electron chi connectivity index (χ2n) is 5.47. The van der Waals surface area contributed by atoms with Gasteiger partial charge >= 0.3 is 0 Å². The fraction of sp³-hybridized carbons (Fsp3) is 0.200. The Morgan fingerprint density at radius 2 is 1.88 bits per heavy atom. The molecule has 0 saturated carbocycles. The van der Waals surface area contributed by atoms with E-state index in [0.717, 1.165) is 34.1 Å². The van der Waals surface area contributed by atoms with Crippen LogP contribution in [-0.4, -0.2) is 7.11 Å². The van der Waals surface area contributed by atoms with Crippen LogP contribution in [0.1, 0.15) is 18.1 Å². The van der Waals surface area contributed by atoms with E-state index >= 15 is 0 Å². The van der Waals surface area contributed by atoms with E-state index in [0.29, 0.717) is 0 Å². The number of thioether (sulfide) groups is 1. The molecule has 0 aliphatic rings. The molecule has 3 rings (SSSR count). The molecule has 0 unspecified atom stereocenters. The number of ether oxygens (including phenoxy) is 1. The van der Waals surface area contributed by atoms with Crippen molar-refractivity contribution in [1.29, 1.82) is 0 Å². The molecule has 0 radical (unpaired) electrons. The van der Waals surface area contributed by atoms with Gasteiger partial charge in [0, 0.05) is 11.3 Å². The molecule has 2 nitrogen and oxygen atoms in total. The van der Waals surface area contributed by atoms with Gasteiger partial charge in [-0.05, 0) is 35.2 Å². The Balaban J connectivity index is 1.92. The summed E-state index contributed by atoms with van der Waals surface area (Å²) in [5.41, 5.74) is 11.3. The van der Waals surface area contributed by atoms with Crippen LogP contribution in [0.4, 0.5) is 5.00 Å². The van der Waals surface area contributed by atoms with Crippen molar-refractivity contribution in [2.45, 2.75) is 23.3 Å². The minimum Gasteiger partial charge on any atom is -0.497 e. The van der Waals surface area contributed by atoms with Crippen LogP contribution >= 0.6 is 23.1 Å². The minimum atomic E-state index is 0.860. The highest BCUT2D eigenvalue weighted by molar-refractivity contribution is 8.00. The molecule has 2 N–H and O–H groups in total. The maximum absolute atomic E-state index is 6.37. The van der Waals surface area contributed by atoms with Gasteiger partial charge in [-0.25, -0.2) is 0 Å². The van der Waals surface area contributed by atoms with Gasteiger partial charge < -0.3 is 10.5 Å². The molecule has 124 valence electrons. The Kier molecular flexibility index (Phi) is 5.48.